The molecule has 0 amide bonds. The monoisotopic (exact) mass is 1050 g/mol. The molecule has 12 aromatic rings. The van der Waals surface area contributed by atoms with E-state index in [2.05, 4.69) is 337 Å². The van der Waals surface area contributed by atoms with Gasteiger partial charge in [0.15, 0.2) is 0 Å². The fourth-order valence-electron chi connectivity index (χ4n) is 13.0. The zero-order valence-electron chi connectivity index (χ0n) is 45.5. The summed E-state index contributed by atoms with van der Waals surface area (Å²) < 4.78 is 0. The van der Waals surface area contributed by atoms with Gasteiger partial charge in [0.25, 0.3) is 0 Å². The topological polar surface area (TPSA) is 9.72 Å². The summed E-state index contributed by atoms with van der Waals surface area (Å²) in [4.78, 5) is 7.29. The number of benzene rings is 12. The standard InChI is InChI=1S/C79H57N3/c1-80(75-34-16-11-29-70(75)65-24-6-5-23-64(65)57-21-3-2-4-22-57)61-45-39-54(40-46-61)58-51-59(55-41-47-62(48-42-55)81-76-35-17-12-30-71(76)66-25-7-8-26-67(66)72-31-13-18-36-77(72)81)53-60(52-58)56-43-49-63(50-44-56)82-78-37-19-14-32-73(78)68-27-9-10-28-69(68)74-33-15-20-38-79(74)82/h2-53,71,76H,1H3. The van der Waals surface area contributed by atoms with Crippen LogP contribution in [0, 0.1) is 0 Å². The average Bonchev–Trinajstić information content (AvgIpc) is 3.94. The van der Waals surface area contributed by atoms with Crippen LogP contribution in [-0.4, -0.2) is 13.1 Å². The zero-order chi connectivity index (χ0) is 54.5. The van der Waals surface area contributed by atoms with Crippen molar-refractivity contribution in [1.29, 1.82) is 0 Å². The minimum absolute atomic E-state index is 0.116. The highest BCUT2D eigenvalue weighted by Crippen LogP contribution is 2.52. The zero-order valence-corrected chi connectivity index (χ0v) is 45.5. The van der Waals surface area contributed by atoms with Crippen molar-refractivity contribution in [2.45, 2.75) is 12.0 Å². The van der Waals surface area contributed by atoms with Crippen LogP contribution in [0.25, 0.3) is 89.0 Å². The molecule has 82 heavy (non-hydrogen) atoms. The van der Waals surface area contributed by atoms with Gasteiger partial charge in [-0.1, -0.05) is 237 Å². The first-order valence-corrected chi connectivity index (χ1v) is 28.5. The largest absolute Gasteiger partial charge is 0.344 e. The van der Waals surface area contributed by atoms with Crippen LogP contribution in [-0.2, 0) is 0 Å². The average molecular weight is 1050 g/mol. The van der Waals surface area contributed by atoms with E-state index in [-0.39, 0.29) is 12.0 Å². The molecular weight excluding hydrogens is 991 g/mol. The summed E-state index contributed by atoms with van der Waals surface area (Å²) in [5.41, 5.74) is 28.6. The van der Waals surface area contributed by atoms with Crippen molar-refractivity contribution >= 4 is 39.8 Å². The number of nitrogens with zero attached hydrogens (tertiary/aromatic N) is 3. The smallest absolute Gasteiger partial charge is 0.0629 e. The lowest BCUT2D eigenvalue weighted by Gasteiger charge is -2.36. The number of hydrogen-bond acceptors (Lipinski definition) is 3. The molecule has 3 nitrogen and oxygen atoms in total. The van der Waals surface area contributed by atoms with Crippen LogP contribution in [0.15, 0.2) is 315 Å². The first-order valence-electron chi connectivity index (χ1n) is 28.5. The molecule has 0 fully saturated rings. The van der Waals surface area contributed by atoms with Gasteiger partial charge in [0.05, 0.1) is 17.4 Å². The molecule has 3 heteroatoms. The van der Waals surface area contributed by atoms with E-state index in [4.69, 9.17) is 0 Å². The minimum atomic E-state index is 0.116. The summed E-state index contributed by atoms with van der Waals surface area (Å²) in [6.07, 6.45) is 9.16. The molecule has 0 saturated heterocycles. The van der Waals surface area contributed by atoms with E-state index in [0.717, 1.165) is 67.5 Å². The Morgan fingerprint density at radius 1 is 0.293 bits per heavy atom. The maximum atomic E-state index is 2.55. The Hall–Kier alpha value is -10.5. The van der Waals surface area contributed by atoms with Gasteiger partial charge < -0.3 is 14.7 Å². The molecule has 0 saturated carbocycles. The van der Waals surface area contributed by atoms with Gasteiger partial charge in [-0.3, -0.25) is 0 Å². The van der Waals surface area contributed by atoms with Crippen molar-refractivity contribution in [1.82, 2.24) is 0 Å². The Morgan fingerprint density at radius 3 is 1.29 bits per heavy atom. The molecule has 0 N–H and O–H groups in total. The van der Waals surface area contributed by atoms with E-state index in [1.165, 1.54) is 66.9 Å². The minimum Gasteiger partial charge on any atom is -0.344 e. The summed E-state index contributed by atoms with van der Waals surface area (Å²) in [7, 11) is 2.18. The number of hydrogen-bond donors (Lipinski definition) is 0. The van der Waals surface area contributed by atoms with Gasteiger partial charge in [-0.25, -0.2) is 0 Å². The highest BCUT2D eigenvalue weighted by Gasteiger charge is 2.34. The molecule has 2 atom stereocenters. The number of para-hydroxylation sites is 4. The van der Waals surface area contributed by atoms with E-state index >= 15 is 0 Å². The number of anilines is 7. The molecule has 2 unspecified atom stereocenters. The van der Waals surface area contributed by atoms with Gasteiger partial charge in [0.2, 0.25) is 0 Å². The van der Waals surface area contributed by atoms with Crippen molar-refractivity contribution in [3.63, 3.8) is 0 Å². The summed E-state index contributed by atoms with van der Waals surface area (Å²) in [5, 5.41) is 0. The molecule has 0 radical (unpaired) electrons. The second-order valence-corrected chi connectivity index (χ2v) is 21.6. The van der Waals surface area contributed by atoms with Crippen molar-refractivity contribution in [3.05, 3.63) is 321 Å². The highest BCUT2D eigenvalue weighted by atomic mass is 15.2. The van der Waals surface area contributed by atoms with Crippen LogP contribution in [0.5, 0.6) is 0 Å². The van der Waals surface area contributed by atoms with Gasteiger partial charge >= 0.3 is 0 Å². The molecule has 3 aliphatic rings. The maximum Gasteiger partial charge on any atom is 0.0629 e. The maximum absolute atomic E-state index is 2.55. The van der Waals surface area contributed by atoms with E-state index < -0.39 is 0 Å². The number of fused-ring (bicyclic) bond motifs is 10. The predicted molar refractivity (Wildman–Crippen MR) is 346 cm³/mol. The Bertz CT molecular complexity index is 4350. The summed E-state index contributed by atoms with van der Waals surface area (Å²) in [6, 6.07) is 107. The van der Waals surface area contributed by atoms with Crippen molar-refractivity contribution < 1.29 is 0 Å². The van der Waals surface area contributed by atoms with Gasteiger partial charge in [-0.2, -0.15) is 0 Å². The van der Waals surface area contributed by atoms with Gasteiger partial charge in [-0.15, -0.1) is 0 Å². The number of rotatable bonds is 9. The summed E-state index contributed by atoms with van der Waals surface area (Å²) in [6.45, 7) is 0. The highest BCUT2D eigenvalue weighted by molar-refractivity contribution is 6.02. The first-order chi connectivity index (χ1) is 40.6. The Balaban J connectivity index is 0.817. The lowest BCUT2D eigenvalue weighted by molar-refractivity contribution is 0.698. The second kappa shape index (κ2) is 20.6. The second-order valence-electron chi connectivity index (χ2n) is 21.6. The van der Waals surface area contributed by atoms with Crippen LogP contribution >= 0.6 is 0 Å². The van der Waals surface area contributed by atoms with Crippen LogP contribution < -0.4 is 14.7 Å². The SMILES string of the molecule is CN(c1ccc(-c2cc(-c3ccc(N4c5ccccc5-c5ccccc5-c5ccccc54)cc3)cc(-c3ccc(N4c5ccccc5-c5ccccc5C5C=CC=CC54)cc3)c2)cc1)c1ccccc1-c1ccccc1-c1ccccc1. The molecule has 2 heterocycles. The lowest BCUT2D eigenvalue weighted by atomic mass is 9.85. The third-order valence-corrected chi connectivity index (χ3v) is 17.0. The molecule has 388 valence electrons. The normalized spacial score (nSPS) is 14.5. The lowest BCUT2D eigenvalue weighted by Crippen LogP contribution is -2.34. The van der Waals surface area contributed by atoms with Crippen molar-refractivity contribution in [3.8, 4) is 89.0 Å². The fourth-order valence-corrected chi connectivity index (χ4v) is 13.0. The quantitative estimate of drug-likeness (QED) is 0.143. The molecule has 1 aliphatic carbocycles. The third kappa shape index (κ3) is 8.54. The molecule has 0 bridgehead atoms. The Labute approximate surface area is 480 Å². The Morgan fingerprint density at radius 2 is 0.707 bits per heavy atom. The van der Waals surface area contributed by atoms with Crippen molar-refractivity contribution in [2.75, 3.05) is 21.7 Å². The first kappa shape index (κ1) is 48.6. The molecule has 0 spiro atoms. The van der Waals surface area contributed by atoms with Gasteiger partial charge in [-0.05, 0) is 151 Å². The fraction of sp³-hybridized carbons (Fsp3) is 0.0380. The summed E-state index contributed by atoms with van der Waals surface area (Å²) >= 11 is 0. The van der Waals surface area contributed by atoms with E-state index in [1.807, 2.05) is 0 Å². The van der Waals surface area contributed by atoms with Gasteiger partial charge in [0, 0.05) is 63.7 Å². The van der Waals surface area contributed by atoms with E-state index in [1.54, 1.807) is 0 Å². The molecular formula is C79H57N3. The molecule has 15 rings (SSSR count). The predicted octanol–water partition coefficient (Wildman–Crippen LogP) is 21.3. The van der Waals surface area contributed by atoms with Crippen LogP contribution in [0.3, 0.4) is 0 Å². The molecule has 12 aromatic carbocycles. The van der Waals surface area contributed by atoms with Gasteiger partial charge in [0.1, 0.15) is 0 Å². The van der Waals surface area contributed by atoms with Crippen molar-refractivity contribution in [2.24, 2.45) is 0 Å². The summed E-state index contributed by atoms with van der Waals surface area (Å²) in [5.74, 6) is 0.205. The third-order valence-electron chi connectivity index (χ3n) is 17.0. The van der Waals surface area contributed by atoms with E-state index in [0.29, 0.717) is 0 Å². The molecule has 2 aliphatic heterocycles. The Kier molecular flexibility index (Phi) is 12.2. The van der Waals surface area contributed by atoms with Crippen LogP contribution in [0.2, 0.25) is 0 Å². The van der Waals surface area contributed by atoms with Crippen LogP contribution in [0.1, 0.15) is 11.5 Å². The van der Waals surface area contributed by atoms with E-state index in [9.17, 15) is 0 Å². The molecule has 0 aromatic heterocycles. The van der Waals surface area contributed by atoms with Crippen LogP contribution in [0.4, 0.5) is 39.8 Å². The number of allylic oxidation sites excluding steroid dienone is 2.